The monoisotopic (exact) mass is 404 g/mol. The van der Waals surface area contributed by atoms with Crippen LogP contribution in [-0.4, -0.2) is 72.7 Å². The average molecular weight is 404 g/mol. The Morgan fingerprint density at radius 3 is 2.20 bits per heavy atom. The number of anilines is 1. The van der Waals surface area contributed by atoms with Crippen LogP contribution in [0.1, 0.15) is 20.7 Å². The van der Waals surface area contributed by atoms with Gasteiger partial charge in [0.05, 0.1) is 11.1 Å². The van der Waals surface area contributed by atoms with Crippen molar-refractivity contribution in [3.05, 3.63) is 65.9 Å². The van der Waals surface area contributed by atoms with E-state index in [4.69, 9.17) is 0 Å². The van der Waals surface area contributed by atoms with Crippen LogP contribution in [0.15, 0.2) is 54.7 Å². The van der Waals surface area contributed by atoms with Crippen LogP contribution in [0.5, 0.6) is 0 Å². The van der Waals surface area contributed by atoms with Gasteiger partial charge in [-0.15, -0.1) is 0 Å². The van der Waals surface area contributed by atoms with E-state index in [1.165, 1.54) is 4.90 Å². The van der Waals surface area contributed by atoms with Gasteiger partial charge in [0.2, 0.25) is 0 Å². The number of carbonyl (C=O) groups excluding carboxylic acids is 3. The number of benzene rings is 2. The Kier molecular flexibility index (Phi) is 5.27. The number of para-hydroxylation sites is 2. The zero-order valence-electron chi connectivity index (χ0n) is 17.1. The highest BCUT2D eigenvalue weighted by Gasteiger charge is 2.30. The van der Waals surface area contributed by atoms with E-state index in [1.54, 1.807) is 11.1 Å². The smallest absolute Gasteiger partial charge is 0.295 e. The molecule has 0 bridgehead atoms. The first-order valence-corrected chi connectivity index (χ1v) is 9.92. The number of H-pyrrole nitrogens is 1. The van der Waals surface area contributed by atoms with E-state index in [0.717, 1.165) is 16.6 Å². The minimum atomic E-state index is -0.527. The SMILES string of the molecule is CN(C)c1ccccc1C(=O)N1CCN(C(=O)C(=O)c2c[nH]c3ccccc23)CC1. The van der Waals surface area contributed by atoms with E-state index in [1.807, 2.05) is 67.5 Å². The molecule has 4 rings (SSSR count). The molecule has 7 heteroatoms. The van der Waals surface area contributed by atoms with Crippen molar-refractivity contribution in [3.63, 3.8) is 0 Å². The van der Waals surface area contributed by atoms with Crippen molar-refractivity contribution < 1.29 is 14.4 Å². The maximum atomic E-state index is 13.0. The fourth-order valence-corrected chi connectivity index (χ4v) is 3.85. The molecule has 2 aromatic carbocycles. The summed E-state index contributed by atoms with van der Waals surface area (Å²) in [7, 11) is 3.80. The number of nitrogens with zero attached hydrogens (tertiary/aromatic N) is 3. The summed E-state index contributed by atoms with van der Waals surface area (Å²) in [5.41, 5.74) is 2.70. The molecular weight excluding hydrogens is 380 g/mol. The summed E-state index contributed by atoms with van der Waals surface area (Å²) in [5, 5.41) is 0.741. The molecule has 2 amide bonds. The molecule has 1 fully saturated rings. The first kappa shape index (κ1) is 19.7. The molecule has 3 aromatic rings. The Hall–Kier alpha value is -3.61. The number of hydrogen-bond acceptors (Lipinski definition) is 4. The molecular formula is C23H24N4O3. The normalized spacial score (nSPS) is 14.1. The highest BCUT2D eigenvalue weighted by molar-refractivity contribution is 6.44. The van der Waals surface area contributed by atoms with Gasteiger partial charge in [0.25, 0.3) is 17.6 Å². The van der Waals surface area contributed by atoms with Crippen molar-refractivity contribution in [2.24, 2.45) is 0 Å². The molecule has 1 aromatic heterocycles. The second-order valence-electron chi connectivity index (χ2n) is 7.57. The highest BCUT2D eigenvalue weighted by Crippen LogP contribution is 2.22. The van der Waals surface area contributed by atoms with Gasteiger partial charge < -0.3 is 19.7 Å². The number of piperazine rings is 1. The van der Waals surface area contributed by atoms with Crippen LogP contribution in [0.2, 0.25) is 0 Å². The molecule has 0 atom stereocenters. The topological polar surface area (TPSA) is 76.7 Å². The van der Waals surface area contributed by atoms with Gasteiger partial charge in [-0.25, -0.2) is 0 Å². The number of fused-ring (bicyclic) bond motifs is 1. The Morgan fingerprint density at radius 2 is 1.47 bits per heavy atom. The lowest BCUT2D eigenvalue weighted by molar-refractivity contribution is -0.127. The maximum absolute atomic E-state index is 13.0. The molecule has 0 spiro atoms. The number of ketones is 1. The minimum Gasteiger partial charge on any atom is -0.377 e. The second-order valence-corrected chi connectivity index (χ2v) is 7.57. The van der Waals surface area contributed by atoms with Crippen LogP contribution in [0, 0.1) is 0 Å². The molecule has 154 valence electrons. The number of hydrogen-bond donors (Lipinski definition) is 1. The summed E-state index contributed by atoms with van der Waals surface area (Å²) >= 11 is 0. The zero-order chi connectivity index (χ0) is 21.3. The van der Waals surface area contributed by atoms with Gasteiger partial charge in [-0.1, -0.05) is 30.3 Å². The van der Waals surface area contributed by atoms with Crippen molar-refractivity contribution in [2.75, 3.05) is 45.2 Å². The molecule has 0 radical (unpaired) electrons. The van der Waals surface area contributed by atoms with Gasteiger partial charge in [0.15, 0.2) is 0 Å². The second kappa shape index (κ2) is 8.02. The number of rotatable bonds is 4. The lowest BCUT2D eigenvalue weighted by Gasteiger charge is -2.35. The average Bonchev–Trinajstić information content (AvgIpc) is 3.22. The molecule has 1 saturated heterocycles. The van der Waals surface area contributed by atoms with Crippen LogP contribution >= 0.6 is 0 Å². The van der Waals surface area contributed by atoms with Crippen LogP contribution in [-0.2, 0) is 4.79 Å². The lowest BCUT2D eigenvalue weighted by Crippen LogP contribution is -2.52. The lowest BCUT2D eigenvalue weighted by atomic mass is 10.1. The number of aromatic amines is 1. The van der Waals surface area contributed by atoms with E-state index < -0.39 is 11.7 Å². The number of nitrogens with one attached hydrogen (secondary N) is 1. The number of Topliss-reactive ketones (excluding diaryl/α,β-unsaturated/α-hetero) is 1. The number of aromatic nitrogens is 1. The van der Waals surface area contributed by atoms with Crippen LogP contribution in [0.25, 0.3) is 10.9 Å². The van der Waals surface area contributed by atoms with Gasteiger partial charge >= 0.3 is 0 Å². The van der Waals surface area contributed by atoms with Crippen molar-refractivity contribution in [2.45, 2.75) is 0 Å². The molecule has 0 unspecified atom stereocenters. The van der Waals surface area contributed by atoms with Gasteiger partial charge in [0, 0.05) is 63.1 Å². The van der Waals surface area contributed by atoms with Gasteiger partial charge in [-0.3, -0.25) is 14.4 Å². The number of carbonyl (C=O) groups is 3. The molecule has 1 aliphatic rings. The van der Waals surface area contributed by atoms with Gasteiger partial charge in [-0.05, 0) is 18.2 Å². The Morgan fingerprint density at radius 1 is 0.833 bits per heavy atom. The molecule has 2 heterocycles. The molecule has 0 aliphatic carbocycles. The molecule has 0 saturated carbocycles. The fraction of sp³-hybridized carbons (Fsp3) is 0.261. The van der Waals surface area contributed by atoms with Gasteiger partial charge in [0.1, 0.15) is 0 Å². The van der Waals surface area contributed by atoms with E-state index in [0.29, 0.717) is 37.3 Å². The third-order valence-corrected chi connectivity index (χ3v) is 5.50. The first-order valence-electron chi connectivity index (χ1n) is 9.92. The highest BCUT2D eigenvalue weighted by atomic mass is 16.2. The van der Waals surface area contributed by atoms with Crippen molar-refractivity contribution in [1.29, 1.82) is 0 Å². The molecule has 1 N–H and O–H groups in total. The Balaban J connectivity index is 1.44. The standard InChI is InChI=1S/C23H24N4O3/c1-25(2)20-10-6-4-8-17(20)22(29)26-11-13-27(14-12-26)23(30)21(28)18-15-24-19-9-5-3-7-16(18)19/h3-10,15,24H,11-14H2,1-2H3. The predicted octanol–water partition coefficient (Wildman–Crippen LogP) is 2.40. The van der Waals surface area contributed by atoms with E-state index in [-0.39, 0.29) is 5.91 Å². The largest absolute Gasteiger partial charge is 0.377 e. The quantitative estimate of drug-likeness (QED) is 0.535. The molecule has 7 nitrogen and oxygen atoms in total. The molecule has 30 heavy (non-hydrogen) atoms. The predicted molar refractivity (Wildman–Crippen MR) is 116 cm³/mol. The Bertz CT molecular complexity index is 1110. The van der Waals surface area contributed by atoms with E-state index >= 15 is 0 Å². The third-order valence-electron chi connectivity index (χ3n) is 5.50. The zero-order valence-corrected chi connectivity index (χ0v) is 17.1. The van der Waals surface area contributed by atoms with Crippen LogP contribution < -0.4 is 4.90 Å². The summed E-state index contributed by atoms with van der Waals surface area (Å²) in [4.78, 5) is 46.8. The maximum Gasteiger partial charge on any atom is 0.295 e. The minimum absolute atomic E-state index is 0.0608. The van der Waals surface area contributed by atoms with Crippen molar-refractivity contribution in [1.82, 2.24) is 14.8 Å². The third kappa shape index (κ3) is 3.54. The first-order chi connectivity index (χ1) is 14.5. The van der Waals surface area contributed by atoms with Crippen LogP contribution in [0.3, 0.4) is 0 Å². The van der Waals surface area contributed by atoms with Gasteiger partial charge in [-0.2, -0.15) is 0 Å². The summed E-state index contributed by atoms with van der Waals surface area (Å²) in [6, 6.07) is 14.9. The molecule has 1 aliphatic heterocycles. The fourth-order valence-electron chi connectivity index (χ4n) is 3.85. The summed E-state index contributed by atoms with van der Waals surface area (Å²) in [6.45, 7) is 1.46. The summed E-state index contributed by atoms with van der Waals surface area (Å²) in [6.07, 6.45) is 1.59. The Labute approximate surface area is 174 Å². The van der Waals surface area contributed by atoms with E-state index in [2.05, 4.69) is 4.98 Å². The number of amides is 2. The van der Waals surface area contributed by atoms with E-state index in [9.17, 15) is 14.4 Å². The summed E-state index contributed by atoms with van der Waals surface area (Å²) < 4.78 is 0. The van der Waals surface area contributed by atoms with Crippen LogP contribution in [0.4, 0.5) is 5.69 Å². The van der Waals surface area contributed by atoms with Crippen molar-refractivity contribution >= 4 is 34.2 Å². The van der Waals surface area contributed by atoms with Crippen molar-refractivity contribution in [3.8, 4) is 0 Å². The summed E-state index contributed by atoms with van der Waals surface area (Å²) in [5.74, 6) is -1.11.